The van der Waals surface area contributed by atoms with Gasteiger partial charge in [0.15, 0.2) is 5.58 Å². The van der Waals surface area contributed by atoms with E-state index < -0.39 is 0 Å². The molecule has 1 aromatic carbocycles. The maximum absolute atomic E-state index is 5.61. The van der Waals surface area contributed by atoms with Crippen molar-refractivity contribution in [2.24, 2.45) is 0 Å². The van der Waals surface area contributed by atoms with Crippen LogP contribution in [0.3, 0.4) is 0 Å². The third-order valence-corrected chi connectivity index (χ3v) is 1.74. The summed E-state index contributed by atoms with van der Waals surface area (Å²) in [5.41, 5.74) is 2.24. The van der Waals surface area contributed by atoms with Crippen LogP contribution in [0.25, 0.3) is 11.1 Å². The number of aromatic nitrogens is 1. The highest BCUT2D eigenvalue weighted by molar-refractivity contribution is 6.33. The van der Waals surface area contributed by atoms with E-state index in [0.717, 1.165) is 17.6 Å². The summed E-state index contributed by atoms with van der Waals surface area (Å²) in [6, 6.07) is 5.95. The summed E-state index contributed by atoms with van der Waals surface area (Å²) >= 11 is 0. The second-order valence-corrected chi connectivity index (χ2v) is 2.78. The first kappa shape index (κ1) is 8.17. The van der Waals surface area contributed by atoms with Gasteiger partial charge >= 0.3 is 0 Å². The normalized spacial score (nSPS) is 10.5. The van der Waals surface area contributed by atoms with Gasteiger partial charge in [-0.3, -0.25) is 0 Å². The Hall–Kier alpha value is -1.45. The van der Waals surface area contributed by atoms with Crippen molar-refractivity contribution >= 4 is 30.4 Å². The number of anilines is 1. The zero-order chi connectivity index (χ0) is 9.26. The first-order valence-corrected chi connectivity index (χ1v) is 4.19. The lowest BCUT2D eigenvalue weighted by Gasteiger charge is -1.91. The molecule has 1 N–H and O–H groups in total. The molecule has 0 aliphatic rings. The Morgan fingerprint density at radius 2 is 2.38 bits per heavy atom. The molecule has 1 aromatic heterocycles. The van der Waals surface area contributed by atoms with Crippen LogP contribution in [0, 0.1) is 0 Å². The minimum Gasteiger partial charge on any atom is -0.424 e. The van der Waals surface area contributed by atoms with Gasteiger partial charge < -0.3 is 9.73 Å². The van der Waals surface area contributed by atoms with Gasteiger partial charge in [0.05, 0.1) is 0 Å². The van der Waals surface area contributed by atoms with Crippen molar-refractivity contribution < 1.29 is 4.42 Å². The smallest absolute Gasteiger partial charge is 0.295 e. The fourth-order valence-corrected chi connectivity index (χ4v) is 1.17. The molecule has 0 fully saturated rings. The van der Waals surface area contributed by atoms with E-state index in [2.05, 4.69) is 10.3 Å². The molecular formula is C9H9BN2O. The van der Waals surface area contributed by atoms with Gasteiger partial charge in [0.1, 0.15) is 13.4 Å². The molecule has 0 aliphatic heterocycles. The zero-order valence-corrected chi connectivity index (χ0v) is 7.37. The molecule has 0 spiro atoms. The fourth-order valence-electron chi connectivity index (χ4n) is 1.17. The Balaban J connectivity index is 2.49. The molecule has 2 aromatic rings. The monoisotopic (exact) mass is 172 g/mol. The molecule has 0 saturated carbocycles. The van der Waals surface area contributed by atoms with Crippen molar-refractivity contribution in [3.05, 3.63) is 18.2 Å². The summed E-state index contributed by atoms with van der Waals surface area (Å²) in [5.74, 6) is 0. The maximum atomic E-state index is 5.61. The summed E-state index contributed by atoms with van der Waals surface area (Å²) in [5, 5.41) is 3.00. The summed E-state index contributed by atoms with van der Waals surface area (Å²) in [4.78, 5) is 4.21. The summed E-state index contributed by atoms with van der Waals surface area (Å²) in [6.45, 7) is 2.78. The van der Waals surface area contributed by atoms with Gasteiger partial charge in [-0.25, -0.2) is 0 Å². The number of hydrogen-bond donors (Lipinski definition) is 1. The predicted molar refractivity (Wildman–Crippen MR) is 53.6 cm³/mol. The number of oxazole rings is 1. The molecule has 0 atom stereocenters. The first-order chi connectivity index (χ1) is 6.29. The average Bonchev–Trinajstić information content (AvgIpc) is 2.46. The third kappa shape index (κ3) is 1.52. The molecule has 13 heavy (non-hydrogen) atoms. The van der Waals surface area contributed by atoms with Gasteiger partial charge in [-0.05, 0) is 19.1 Å². The second kappa shape index (κ2) is 3.13. The lowest BCUT2D eigenvalue weighted by atomic mass is 9.96. The number of benzene rings is 1. The minimum atomic E-state index is 0.545. The quantitative estimate of drug-likeness (QED) is 0.688. The van der Waals surface area contributed by atoms with Gasteiger partial charge in [0.25, 0.3) is 6.01 Å². The number of nitrogens with zero attached hydrogens (tertiary/aromatic N) is 1. The molecule has 3 nitrogen and oxygen atoms in total. The Morgan fingerprint density at radius 1 is 1.54 bits per heavy atom. The SMILES string of the molecule is [B]c1ccc2oc(NCC)nc2c1. The van der Waals surface area contributed by atoms with Crippen LogP contribution in [0.15, 0.2) is 22.6 Å². The van der Waals surface area contributed by atoms with E-state index in [4.69, 9.17) is 12.3 Å². The van der Waals surface area contributed by atoms with Crippen LogP contribution in [0.1, 0.15) is 6.92 Å². The lowest BCUT2D eigenvalue weighted by Crippen LogP contribution is -1.99. The van der Waals surface area contributed by atoms with E-state index in [-0.39, 0.29) is 0 Å². The van der Waals surface area contributed by atoms with Crippen molar-refractivity contribution in [3.8, 4) is 0 Å². The topological polar surface area (TPSA) is 38.1 Å². The van der Waals surface area contributed by atoms with Gasteiger partial charge in [0, 0.05) is 6.54 Å². The van der Waals surface area contributed by atoms with Crippen molar-refractivity contribution in [1.82, 2.24) is 4.98 Å². The molecular weight excluding hydrogens is 163 g/mol. The van der Waals surface area contributed by atoms with Crippen molar-refractivity contribution in [2.45, 2.75) is 6.92 Å². The zero-order valence-electron chi connectivity index (χ0n) is 7.37. The number of hydrogen-bond acceptors (Lipinski definition) is 3. The van der Waals surface area contributed by atoms with Crippen LogP contribution >= 0.6 is 0 Å². The van der Waals surface area contributed by atoms with Gasteiger partial charge in [0.2, 0.25) is 0 Å². The summed E-state index contributed by atoms with van der Waals surface area (Å²) < 4.78 is 5.39. The summed E-state index contributed by atoms with van der Waals surface area (Å²) in [6.07, 6.45) is 0. The van der Waals surface area contributed by atoms with Crippen molar-refractivity contribution in [3.63, 3.8) is 0 Å². The Morgan fingerprint density at radius 3 is 3.15 bits per heavy atom. The van der Waals surface area contributed by atoms with E-state index in [0.29, 0.717) is 11.5 Å². The Kier molecular flexibility index (Phi) is 1.96. The van der Waals surface area contributed by atoms with Crippen LogP contribution in [-0.2, 0) is 0 Å². The maximum Gasteiger partial charge on any atom is 0.295 e. The van der Waals surface area contributed by atoms with E-state index in [1.54, 1.807) is 12.1 Å². The number of fused-ring (bicyclic) bond motifs is 1. The molecule has 0 amide bonds. The van der Waals surface area contributed by atoms with Crippen LogP contribution in [0.4, 0.5) is 6.01 Å². The molecule has 2 radical (unpaired) electrons. The Bertz CT molecular complexity index is 424. The highest BCUT2D eigenvalue weighted by Crippen LogP contribution is 2.16. The molecule has 4 heteroatoms. The van der Waals surface area contributed by atoms with E-state index in [1.165, 1.54) is 0 Å². The van der Waals surface area contributed by atoms with Gasteiger partial charge in [-0.15, -0.1) is 0 Å². The van der Waals surface area contributed by atoms with Crippen LogP contribution in [0.2, 0.25) is 0 Å². The second-order valence-electron chi connectivity index (χ2n) is 2.78. The molecule has 1 heterocycles. The summed E-state index contributed by atoms with van der Waals surface area (Å²) in [7, 11) is 5.61. The van der Waals surface area contributed by atoms with Crippen molar-refractivity contribution in [1.29, 1.82) is 0 Å². The first-order valence-electron chi connectivity index (χ1n) is 4.19. The minimum absolute atomic E-state index is 0.545. The average molecular weight is 172 g/mol. The van der Waals surface area contributed by atoms with Crippen LogP contribution in [-0.4, -0.2) is 19.4 Å². The van der Waals surface area contributed by atoms with Crippen LogP contribution in [0.5, 0.6) is 0 Å². The molecule has 64 valence electrons. The standard InChI is InChI=1S/C9H9BN2O/c1-2-11-9-12-7-5-6(10)3-4-8(7)13-9/h3-5H,2H2,1H3,(H,11,12). The lowest BCUT2D eigenvalue weighted by molar-refractivity contribution is 0.616. The van der Waals surface area contributed by atoms with Crippen molar-refractivity contribution in [2.75, 3.05) is 11.9 Å². The van der Waals surface area contributed by atoms with E-state index in [1.807, 2.05) is 13.0 Å². The Labute approximate surface area is 77.6 Å². The van der Waals surface area contributed by atoms with E-state index in [9.17, 15) is 0 Å². The van der Waals surface area contributed by atoms with Gasteiger partial charge in [-0.2, -0.15) is 4.98 Å². The molecule has 0 bridgehead atoms. The highest BCUT2D eigenvalue weighted by Gasteiger charge is 2.03. The molecule has 0 unspecified atom stereocenters. The largest absolute Gasteiger partial charge is 0.424 e. The fraction of sp³-hybridized carbons (Fsp3) is 0.222. The van der Waals surface area contributed by atoms with E-state index >= 15 is 0 Å². The molecule has 2 rings (SSSR count). The third-order valence-electron chi connectivity index (χ3n) is 1.74. The predicted octanol–water partition coefficient (Wildman–Crippen LogP) is 1.05. The highest BCUT2D eigenvalue weighted by atomic mass is 16.4. The molecule has 0 aliphatic carbocycles. The van der Waals surface area contributed by atoms with Crippen LogP contribution < -0.4 is 10.8 Å². The number of rotatable bonds is 2. The molecule has 0 saturated heterocycles. The number of nitrogens with one attached hydrogen (secondary N) is 1. The van der Waals surface area contributed by atoms with Gasteiger partial charge in [-0.1, -0.05) is 11.5 Å².